The first kappa shape index (κ1) is 14.3. The number of ether oxygens (including phenoxy) is 1. The highest BCUT2D eigenvalue weighted by Crippen LogP contribution is 2.29. The van der Waals surface area contributed by atoms with Gasteiger partial charge in [-0.25, -0.2) is 4.68 Å². The van der Waals surface area contributed by atoms with Crippen LogP contribution in [0.15, 0.2) is 30.6 Å². The molecule has 1 aliphatic heterocycles. The first-order chi connectivity index (χ1) is 11.3. The van der Waals surface area contributed by atoms with Crippen molar-refractivity contribution in [2.45, 2.75) is 25.5 Å². The lowest BCUT2D eigenvalue weighted by molar-refractivity contribution is 0.0492. The molecular formula is C16H19N5O2. The minimum atomic E-state index is -0.0324. The van der Waals surface area contributed by atoms with E-state index in [1.165, 1.54) is 12.8 Å². The van der Waals surface area contributed by atoms with Gasteiger partial charge in [-0.05, 0) is 30.9 Å². The molecule has 0 aromatic carbocycles. The second-order valence-corrected chi connectivity index (χ2v) is 6.23. The highest BCUT2D eigenvalue weighted by Gasteiger charge is 2.33. The number of pyridine rings is 1. The summed E-state index contributed by atoms with van der Waals surface area (Å²) in [4.78, 5) is 18.1. The van der Waals surface area contributed by atoms with Gasteiger partial charge in [0.25, 0.3) is 5.91 Å². The summed E-state index contributed by atoms with van der Waals surface area (Å²) in [6.45, 7) is 2.62. The molecule has 0 unspecified atom stereocenters. The van der Waals surface area contributed by atoms with Gasteiger partial charge in [-0.15, -0.1) is 5.10 Å². The van der Waals surface area contributed by atoms with E-state index in [4.69, 9.17) is 4.74 Å². The molecule has 2 aromatic rings. The molecule has 7 nitrogen and oxygen atoms in total. The molecule has 0 bridgehead atoms. The topological polar surface area (TPSA) is 73.1 Å². The molecule has 120 valence electrons. The van der Waals surface area contributed by atoms with Crippen molar-refractivity contribution in [2.75, 3.05) is 19.7 Å². The van der Waals surface area contributed by atoms with Gasteiger partial charge in [0.05, 0.1) is 18.8 Å². The smallest absolute Gasteiger partial charge is 0.272 e. The lowest BCUT2D eigenvalue weighted by atomic mass is 10.1. The molecule has 4 rings (SSSR count). The molecule has 1 saturated heterocycles. The van der Waals surface area contributed by atoms with Gasteiger partial charge in [-0.1, -0.05) is 11.3 Å². The van der Waals surface area contributed by atoms with Gasteiger partial charge in [-0.3, -0.25) is 9.78 Å². The Bertz CT molecular complexity index is 677. The highest BCUT2D eigenvalue weighted by atomic mass is 16.5. The Morgan fingerprint density at radius 1 is 1.30 bits per heavy atom. The lowest BCUT2D eigenvalue weighted by Crippen LogP contribution is -2.51. The van der Waals surface area contributed by atoms with Crippen molar-refractivity contribution in [3.63, 3.8) is 0 Å². The van der Waals surface area contributed by atoms with E-state index in [0.29, 0.717) is 25.4 Å². The van der Waals surface area contributed by atoms with Crippen molar-refractivity contribution in [1.82, 2.24) is 24.9 Å². The second kappa shape index (κ2) is 6.08. The first-order valence-corrected chi connectivity index (χ1v) is 7.98. The zero-order valence-corrected chi connectivity index (χ0v) is 12.8. The average molecular weight is 313 g/mol. The van der Waals surface area contributed by atoms with Crippen molar-refractivity contribution < 1.29 is 9.53 Å². The minimum Gasteiger partial charge on any atom is -0.375 e. The lowest BCUT2D eigenvalue weighted by Gasteiger charge is -2.38. The Morgan fingerprint density at radius 3 is 2.91 bits per heavy atom. The summed E-state index contributed by atoms with van der Waals surface area (Å²) < 4.78 is 7.45. The molecule has 0 atom stereocenters. The SMILES string of the molecule is O=C(c1ccccn1)N1CC(n2cc(COCC3CC3)nn2)C1. The van der Waals surface area contributed by atoms with E-state index in [-0.39, 0.29) is 11.9 Å². The van der Waals surface area contributed by atoms with Gasteiger partial charge in [0.1, 0.15) is 11.4 Å². The molecule has 1 aliphatic carbocycles. The maximum Gasteiger partial charge on any atom is 0.272 e. The van der Waals surface area contributed by atoms with Crippen molar-refractivity contribution in [1.29, 1.82) is 0 Å². The third kappa shape index (κ3) is 3.24. The molecule has 2 fully saturated rings. The fourth-order valence-corrected chi connectivity index (χ4v) is 2.61. The number of carbonyl (C=O) groups excluding carboxylic acids is 1. The second-order valence-electron chi connectivity index (χ2n) is 6.23. The van der Waals surface area contributed by atoms with Gasteiger partial charge >= 0.3 is 0 Å². The maximum atomic E-state index is 12.2. The van der Waals surface area contributed by atoms with Crippen LogP contribution in [-0.4, -0.2) is 50.5 Å². The number of aromatic nitrogens is 4. The van der Waals surface area contributed by atoms with Gasteiger partial charge in [-0.2, -0.15) is 0 Å². The van der Waals surface area contributed by atoms with Crippen LogP contribution in [0.4, 0.5) is 0 Å². The Balaban J connectivity index is 1.28. The van der Waals surface area contributed by atoms with E-state index < -0.39 is 0 Å². The maximum absolute atomic E-state index is 12.2. The summed E-state index contributed by atoms with van der Waals surface area (Å²) >= 11 is 0. The molecule has 7 heteroatoms. The van der Waals surface area contributed by atoms with E-state index in [1.807, 2.05) is 16.9 Å². The Hall–Kier alpha value is -2.28. The first-order valence-electron chi connectivity index (χ1n) is 7.98. The van der Waals surface area contributed by atoms with Crippen LogP contribution < -0.4 is 0 Å². The van der Waals surface area contributed by atoms with E-state index >= 15 is 0 Å². The number of hydrogen-bond donors (Lipinski definition) is 0. The number of hydrogen-bond acceptors (Lipinski definition) is 5. The van der Waals surface area contributed by atoms with Gasteiger partial charge in [0, 0.05) is 25.9 Å². The molecule has 1 saturated carbocycles. The number of amides is 1. The van der Waals surface area contributed by atoms with Crippen LogP contribution in [0.2, 0.25) is 0 Å². The van der Waals surface area contributed by atoms with E-state index in [9.17, 15) is 4.79 Å². The zero-order valence-electron chi connectivity index (χ0n) is 12.8. The fourth-order valence-electron chi connectivity index (χ4n) is 2.61. The van der Waals surface area contributed by atoms with Crippen LogP contribution in [0.1, 0.15) is 35.1 Å². The van der Waals surface area contributed by atoms with E-state index in [2.05, 4.69) is 15.3 Å². The number of rotatable bonds is 6. The largest absolute Gasteiger partial charge is 0.375 e. The predicted molar refractivity (Wildman–Crippen MR) is 81.6 cm³/mol. The van der Waals surface area contributed by atoms with Crippen molar-refractivity contribution in [3.8, 4) is 0 Å². The quantitative estimate of drug-likeness (QED) is 0.803. The van der Waals surface area contributed by atoms with Crippen LogP contribution in [-0.2, 0) is 11.3 Å². The average Bonchev–Trinajstić information content (AvgIpc) is 3.24. The molecular weight excluding hydrogens is 294 g/mol. The van der Waals surface area contributed by atoms with Crippen molar-refractivity contribution in [3.05, 3.63) is 42.0 Å². The minimum absolute atomic E-state index is 0.0324. The summed E-state index contributed by atoms with van der Waals surface area (Å²) in [5.41, 5.74) is 1.33. The number of likely N-dealkylation sites (tertiary alicyclic amines) is 1. The van der Waals surface area contributed by atoms with Crippen LogP contribution in [0, 0.1) is 5.92 Å². The molecule has 0 N–H and O–H groups in total. The van der Waals surface area contributed by atoms with Gasteiger partial charge in [0.2, 0.25) is 0 Å². The molecule has 23 heavy (non-hydrogen) atoms. The molecule has 2 aromatic heterocycles. The molecule has 1 amide bonds. The molecule has 3 heterocycles. The van der Waals surface area contributed by atoms with Crippen LogP contribution in [0.25, 0.3) is 0 Å². The predicted octanol–water partition coefficient (Wildman–Crippen LogP) is 1.30. The summed E-state index contributed by atoms with van der Waals surface area (Å²) in [6.07, 6.45) is 6.12. The van der Waals surface area contributed by atoms with Crippen LogP contribution in [0.3, 0.4) is 0 Å². The third-order valence-corrected chi connectivity index (χ3v) is 4.27. The summed E-state index contributed by atoms with van der Waals surface area (Å²) in [5.74, 6) is 0.720. The normalized spacial score (nSPS) is 18.0. The van der Waals surface area contributed by atoms with Crippen molar-refractivity contribution >= 4 is 5.91 Å². The zero-order chi connectivity index (χ0) is 15.6. The summed E-state index contributed by atoms with van der Waals surface area (Å²) in [5, 5.41) is 8.29. The number of nitrogens with zero attached hydrogens (tertiary/aromatic N) is 5. The molecule has 0 spiro atoms. The molecule has 0 radical (unpaired) electrons. The van der Waals surface area contributed by atoms with Crippen LogP contribution in [0.5, 0.6) is 0 Å². The fraction of sp³-hybridized carbons (Fsp3) is 0.500. The third-order valence-electron chi connectivity index (χ3n) is 4.27. The van der Waals surface area contributed by atoms with E-state index in [0.717, 1.165) is 18.2 Å². The monoisotopic (exact) mass is 313 g/mol. The van der Waals surface area contributed by atoms with Crippen LogP contribution >= 0.6 is 0 Å². The van der Waals surface area contributed by atoms with Gasteiger partial charge < -0.3 is 9.64 Å². The Labute approximate surface area is 134 Å². The standard InChI is InChI=1S/C16H19N5O2/c22-16(15-3-1-2-6-17-15)20-8-14(9-20)21-7-13(18-19-21)11-23-10-12-4-5-12/h1-3,6-7,12,14H,4-5,8-11H2. The Kier molecular flexibility index (Phi) is 3.78. The summed E-state index contributed by atoms with van der Waals surface area (Å²) in [6, 6.07) is 5.55. The Morgan fingerprint density at radius 2 is 2.17 bits per heavy atom. The van der Waals surface area contributed by atoms with Gasteiger partial charge in [0.15, 0.2) is 0 Å². The summed E-state index contributed by atoms with van der Waals surface area (Å²) in [7, 11) is 0. The number of carbonyl (C=O) groups is 1. The van der Waals surface area contributed by atoms with Crippen molar-refractivity contribution in [2.24, 2.45) is 5.92 Å². The van der Waals surface area contributed by atoms with E-state index in [1.54, 1.807) is 23.2 Å². The highest BCUT2D eigenvalue weighted by molar-refractivity contribution is 5.92. The molecule has 2 aliphatic rings.